The Morgan fingerprint density at radius 1 is 1.25 bits per heavy atom. The zero-order valence-electron chi connectivity index (χ0n) is 5.94. The van der Waals surface area contributed by atoms with Crippen LogP contribution in [0.3, 0.4) is 0 Å². The molecule has 0 rings (SSSR count). The van der Waals surface area contributed by atoms with Gasteiger partial charge < -0.3 is 0 Å². The Morgan fingerprint density at radius 2 is 1.75 bits per heavy atom. The molecule has 0 heterocycles. The van der Waals surface area contributed by atoms with Crippen LogP contribution in [-0.4, -0.2) is 7.11 Å². The molecule has 0 atom stereocenters. The van der Waals surface area contributed by atoms with Gasteiger partial charge in [0.15, 0.2) is 0 Å². The first-order valence-electron chi connectivity index (χ1n) is 3.12. The number of hydrogen-bond donors (Lipinski definition) is 0. The van der Waals surface area contributed by atoms with Crippen molar-refractivity contribution in [3.8, 4) is 0 Å². The highest BCUT2D eigenvalue weighted by Gasteiger charge is 1.75. The van der Waals surface area contributed by atoms with E-state index in [1.807, 2.05) is 0 Å². The van der Waals surface area contributed by atoms with Crippen LogP contribution in [0.2, 0.25) is 0 Å². The van der Waals surface area contributed by atoms with Crippen LogP contribution >= 0.6 is 0 Å². The van der Waals surface area contributed by atoms with Gasteiger partial charge in [-0.3, -0.25) is 0 Å². The third-order valence-corrected chi connectivity index (χ3v) is 0.854. The van der Waals surface area contributed by atoms with Crippen molar-refractivity contribution < 1.29 is 5.11 Å². The van der Waals surface area contributed by atoms with Gasteiger partial charge in [0.2, 0.25) is 0 Å². The van der Waals surface area contributed by atoms with Gasteiger partial charge in [0.05, 0.1) is 7.11 Å². The van der Waals surface area contributed by atoms with Crippen molar-refractivity contribution in [3.05, 3.63) is 6.92 Å². The van der Waals surface area contributed by atoms with Crippen LogP contribution in [-0.2, 0) is 5.11 Å². The molecule has 0 aliphatic rings. The second-order valence-corrected chi connectivity index (χ2v) is 1.56. The Balaban J connectivity index is 0. The zero-order valence-corrected chi connectivity index (χ0v) is 5.94. The Labute approximate surface area is 52.7 Å². The summed E-state index contributed by atoms with van der Waals surface area (Å²) in [4.78, 5) is 0. The summed E-state index contributed by atoms with van der Waals surface area (Å²) in [6, 6.07) is 0. The Bertz CT molecular complexity index is 16.3. The van der Waals surface area contributed by atoms with E-state index in [0.717, 1.165) is 13.5 Å². The van der Waals surface area contributed by atoms with Crippen LogP contribution in [0.15, 0.2) is 0 Å². The van der Waals surface area contributed by atoms with Gasteiger partial charge in [-0.15, -0.1) is 0 Å². The van der Waals surface area contributed by atoms with Crippen molar-refractivity contribution in [1.29, 1.82) is 0 Å². The minimum absolute atomic E-state index is 0.750. The molecule has 0 aliphatic heterocycles. The van der Waals surface area contributed by atoms with E-state index in [4.69, 9.17) is 5.11 Å². The fourth-order valence-electron chi connectivity index (χ4n) is 0.427. The molecule has 0 saturated carbocycles. The molecular weight excluding hydrogens is 100 g/mol. The highest BCUT2D eigenvalue weighted by Crippen LogP contribution is 1.95. The zero-order chi connectivity index (χ0) is 6.83. The minimum Gasteiger partial charge on any atom is -0.240 e. The highest BCUT2D eigenvalue weighted by atomic mass is 16.2. The SMILES string of the molecule is C[O].[CH2]CCCCC. The fourth-order valence-corrected chi connectivity index (χ4v) is 0.427. The molecule has 0 fully saturated rings. The first kappa shape index (κ1) is 10.9. The predicted molar refractivity (Wildman–Crippen MR) is 36.1 cm³/mol. The molecule has 0 unspecified atom stereocenters. The molecule has 0 aromatic heterocycles. The molecule has 0 amide bonds. The number of unbranched alkanes of at least 4 members (excludes halogenated alkanes) is 3. The lowest BCUT2D eigenvalue weighted by molar-refractivity contribution is 0.282. The van der Waals surface area contributed by atoms with E-state index in [1.54, 1.807) is 0 Å². The van der Waals surface area contributed by atoms with Gasteiger partial charge in [-0.05, 0) is 0 Å². The Morgan fingerprint density at radius 3 is 1.88 bits per heavy atom. The molecule has 1 nitrogen and oxygen atoms in total. The molecule has 1 heteroatoms. The van der Waals surface area contributed by atoms with Crippen LogP contribution in [0, 0.1) is 6.92 Å². The fraction of sp³-hybridized carbons (Fsp3) is 0.857. The molecule has 0 bridgehead atoms. The lowest BCUT2D eigenvalue weighted by Crippen LogP contribution is -1.66. The molecule has 0 saturated heterocycles. The maximum atomic E-state index is 8.25. The molecular formula is C7H16O. The van der Waals surface area contributed by atoms with Crippen molar-refractivity contribution in [2.75, 3.05) is 7.11 Å². The lowest BCUT2D eigenvalue weighted by Gasteiger charge is -1.86. The molecule has 0 N–H and O–H groups in total. The third kappa shape index (κ3) is 16.7. The molecule has 2 radical (unpaired) electrons. The predicted octanol–water partition coefficient (Wildman–Crippen LogP) is 2.45. The topological polar surface area (TPSA) is 19.9 Å². The van der Waals surface area contributed by atoms with Crippen LogP contribution in [0.4, 0.5) is 0 Å². The molecule has 50 valence electrons. The van der Waals surface area contributed by atoms with E-state index < -0.39 is 0 Å². The molecule has 0 aliphatic carbocycles. The molecule has 0 aromatic carbocycles. The average Bonchev–Trinajstić information content (AvgIpc) is 1.88. The van der Waals surface area contributed by atoms with Gasteiger partial charge in [0.1, 0.15) is 0 Å². The van der Waals surface area contributed by atoms with Crippen molar-refractivity contribution >= 4 is 0 Å². The highest BCUT2D eigenvalue weighted by molar-refractivity contribution is 4.38. The monoisotopic (exact) mass is 116 g/mol. The van der Waals surface area contributed by atoms with E-state index in [0.29, 0.717) is 0 Å². The van der Waals surface area contributed by atoms with Crippen LogP contribution in [0.1, 0.15) is 32.6 Å². The van der Waals surface area contributed by atoms with Crippen LogP contribution in [0.5, 0.6) is 0 Å². The van der Waals surface area contributed by atoms with Gasteiger partial charge in [-0.25, -0.2) is 5.11 Å². The first-order valence-corrected chi connectivity index (χ1v) is 3.12. The summed E-state index contributed by atoms with van der Waals surface area (Å²) in [7, 11) is 0.750. The van der Waals surface area contributed by atoms with Crippen molar-refractivity contribution in [2.24, 2.45) is 0 Å². The van der Waals surface area contributed by atoms with E-state index in [1.165, 1.54) is 19.3 Å². The number of hydrogen-bond acceptors (Lipinski definition) is 0. The lowest BCUT2D eigenvalue weighted by atomic mass is 10.2. The largest absolute Gasteiger partial charge is 0.240 e. The van der Waals surface area contributed by atoms with E-state index in [-0.39, 0.29) is 0 Å². The average molecular weight is 116 g/mol. The first-order chi connectivity index (χ1) is 3.91. The summed E-state index contributed by atoms with van der Waals surface area (Å²) in [5.74, 6) is 0. The second-order valence-electron chi connectivity index (χ2n) is 1.56. The van der Waals surface area contributed by atoms with Gasteiger partial charge in [0.25, 0.3) is 0 Å². The van der Waals surface area contributed by atoms with Crippen molar-refractivity contribution in [1.82, 2.24) is 0 Å². The Kier molecular flexibility index (Phi) is 21.4. The van der Waals surface area contributed by atoms with Gasteiger partial charge >= 0.3 is 0 Å². The van der Waals surface area contributed by atoms with Gasteiger partial charge in [0, 0.05) is 0 Å². The van der Waals surface area contributed by atoms with E-state index in [9.17, 15) is 0 Å². The molecule has 0 spiro atoms. The second kappa shape index (κ2) is 15.8. The Hall–Kier alpha value is -0.0400. The number of rotatable bonds is 3. The van der Waals surface area contributed by atoms with Crippen molar-refractivity contribution in [3.63, 3.8) is 0 Å². The van der Waals surface area contributed by atoms with Gasteiger partial charge in [-0.2, -0.15) is 0 Å². The maximum absolute atomic E-state index is 8.25. The van der Waals surface area contributed by atoms with E-state index in [2.05, 4.69) is 13.8 Å². The van der Waals surface area contributed by atoms with Crippen LogP contribution < -0.4 is 0 Å². The third-order valence-electron chi connectivity index (χ3n) is 0.854. The van der Waals surface area contributed by atoms with Crippen LogP contribution in [0.25, 0.3) is 0 Å². The summed E-state index contributed by atoms with van der Waals surface area (Å²) in [5.41, 5.74) is 0. The summed E-state index contributed by atoms with van der Waals surface area (Å²) in [6.45, 7) is 5.93. The maximum Gasteiger partial charge on any atom is 0.0712 e. The summed E-state index contributed by atoms with van der Waals surface area (Å²) in [6.07, 6.45) is 5.07. The molecule has 0 aromatic rings. The minimum atomic E-state index is 0.750. The van der Waals surface area contributed by atoms with Crippen molar-refractivity contribution in [2.45, 2.75) is 32.6 Å². The quantitative estimate of drug-likeness (QED) is 0.505. The summed E-state index contributed by atoms with van der Waals surface area (Å²) < 4.78 is 0. The van der Waals surface area contributed by atoms with E-state index >= 15 is 0 Å². The summed E-state index contributed by atoms with van der Waals surface area (Å²) in [5, 5.41) is 8.25. The standard InChI is InChI=1S/C6H13.CH3O/c1-3-5-6-4-2;1-2/h1,3-6H2,2H3;1H3. The van der Waals surface area contributed by atoms with Gasteiger partial charge in [-0.1, -0.05) is 39.5 Å². The summed E-state index contributed by atoms with van der Waals surface area (Å²) >= 11 is 0. The molecule has 8 heavy (non-hydrogen) atoms. The normalized spacial score (nSPS) is 7.50. The smallest absolute Gasteiger partial charge is 0.0712 e.